The van der Waals surface area contributed by atoms with Crippen LogP contribution < -0.4 is 9.47 Å². The van der Waals surface area contributed by atoms with Crippen LogP contribution in [0.5, 0.6) is 11.5 Å². The molecule has 0 amide bonds. The lowest BCUT2D eigenvalue weighted by atomic mass is 9.80. The number of nitrogens with zero attached hydrogens (tertiary/aromatic N) is 1. The molecule has 0 saturated heterocycles. The molecule has 0 heterocycles. The van der Waals surface area contributed by atoms with Crippen LogP contribution >= 0.6 is 0 Å². The highest BCUT2D eigenvalue weighted by molar-refractivity contribution is 5.31. The summed E-state index contributed by atoms with van der Waals surface area (Å²) in [6.45, 7) is 16.5. The molecule has 0 saturated carbocycles. The van der Waals surface area contributed by atoms with Gasteiger partial charge in [-0.05, 0) is 72.2 Å². The van der Waals surface area contributed by atoms with E-state index in [-0.39, 0.29) is 5.41 Å². The van der Waals surface area contributed by atoms with E-state index in [4.69, 9.17) is 18.9 Å². The van der Waals surface area contributed by atoms with Crippen LogP contribution in [0.2, 0.25) is 0 Å². The van der Waals surface area contributed by atoms with Crippen LogP contribution in [0.25, 0.3) is 0 Å². The third kappa shape index (κ3) is 15.1. The second-order valence-electron chi connectivity index (χ2n) is 12.4. The van der Waals surface area contributed by atoms with E-state index in [0.717, 1.165) is 41.9 Å². The number of hydrogen-bond acceptors (Lipinski definition) is 4. The lowest BCUT2D eigenvalue weighted by Crippen LogP contribution is -2.41. The van der Waals surface area contributed by atoms with Gasteiger partial charge < -0.3 is 23.4 Å². The highest BCUT2D eigenvalue weighted by atomic mass is 16.5. The van der Waals surface area contributed by atoms with E-state index in [2.05, 4.69) is 102 Å². The standard InChI is InChI=1S/C36H54NO4.C2H6/c1-6-7-11-22-36(2,3)33-16-20-35(21-17-33)40-27-25-38-24-23-37(4,5)29-31-14-18-34(19-15-31)41-28-26-39-30-32-12-9-8-10-13-32;1-2/h9,12-21H,6-8,10-11,22-30H2,1-5H3;1-2H3/q+1;. The minimum Gasteiger partial charge on any atom is -0.491 e. The third-order valence-corrected chi connectivity index (χ3v) is 7.75. The summed E-state index contributed by atoms with van der Waals surface area (Å²) in [5.74, 6) is 1.79. The summed E-state index contributed by atoms with van der Waals surface area (Å²) in [5, 5.41) is 0. The predicted molar refractivity (Wildman–Crippen MR) is 181 cm³/mol. The molecule has 5 nitrogen and oxygen atoms in total. The molecule has 0 radical (unpaired) electrons. The van der Waals surface area contributed by atoms with Gasteiger partial charge in [-0.25, -0.2) is 0 Å². The molecule has 2 aromatic carbocycles. The van der Waals surface area contributed by atoms with Crippen molar-refractivity contribution in [3.8, 4) is 11.5 Å². The Balaban J connectivity index is 0.00000316. The highest BCUT2D eigenvalue weighted by Gasteiger charge is 2.20. The molecule has 0 unspecified atom stereocenters. The first kappa shape index (κ1) is 36.6. The van der Waals surface area contributed by atoms with Crippen LogP contribution in [-0.4, -0.2) is 64.8 Å². The van der Waals surface area contributed by atoms with E-state index < -0.39 is 0 Å². The monoisotopic (exact) mass is 594 g/mol. The molecule has 43 heavy (non-hydrogen) atoms. The Labute approximate surface area is 263 Å². The van der Waals surface area contributed by atoms with Crippen molar-refractivity contribution >= 4 is 0 Å². The minimum absolute atomic E-state index is 0.206. The Kier molecular flexibility index (Phi) is 17.3. The van der Waals surface area contributed by atoms with Gasteiger partial charge in [-0.3, -0.25) is 0 Å². The summed E-state index contributed by atoms with van der Waals surface area (Å²) in [4.78, 5) is 0. The van der Waals surface area contributed by atoms with Crippen molar-refractivity contribution in [2.75, 3.05) is 60.3 Å². The summed E-state index contributed by atoms with van der Waals surface area (Å²) >= 11 is 0. The van der Waals surface area contributed by atoms with Gasteiger partial charge in [-0.2, -0.15) is 0 Å². The minimum atomic E-state index is 0.206. The van der Waals surface area contributed by atoms with Gasteiger partial charge in [-0.1, -0.05) is 84.2 Å². The van der Waals surface area contributed by atoms with Crippen LogP contribution in [0, 0.1) is 0 Å². The van der Waals surface area contributed by atoms with E-state index in [1.165, 1.54) is 42.4 Å². The van der Waals surface area contributed by atoms with E-state index in [1.807, 2.05) is 13.8 Å². The van der Waals surface area contributed by atoms with Gasteiger partial charge in [0.15, 0.2) is 0 Å². The quantitative estimate of drug-likeness (QED) is 0.113. The summed E-state index contributed by atoms with van der Waals surface area (Å²) < 4.78 is 24.3. The summed E-state index contributed by atoms with van der Waals surface area (Å²) in [6.07, 6.45) is 13.9. The van der Waals surface area contributed by atoms with Crippen molar-refractivity contribution in [1.29, 1.82) is 0 Å². The van der Waals surface area contributed by atoms with Gasteiger partial charge in [0.05, 0.1) is 40.5 Å². The topological polar surface area (TPSA) is 36.9 Å². The van der Waals surface area contributed by atoms with E-state index in [0.29, 0.717) is 39.6 Å². The molecule has 3 rings (SSSR count). The van der Waals surface area contributed by atoms with Crippen molar-refractivity contribution in [2.24, 2.45) is 0 Å². The lowest BCUT2D eigenvalue weighted by Gasteiger charge is -2.29. The molecule has 0 aromatic heterocycles. The van der Waals surface area contributed by atoms with Crippen LogP contribution in [0.4, 0.5) is 0 Å². The van der Waals surface area contributed by atoms with E-state index in [9.17, 15) is 0 Å². The molecule has 1 aliphatic carbocycles. The van der Waals surface area contributed by atoms with Crippen molar-refractivity contribution in [3.63, 3.8) is 0 Å². The molecule has 1 aliphatic rings. The lowest BCUT2D eigenvalue weighted by molar-refractivity contribution is -0.904. The Hall–Kier alpha value is -2.60. The first-order chi connectivity index (χ1) is 20.8. The maximum atomic E-state index is 5.93. The predicted octanol–water partition coefficient (Wildman–Crippen LogP) is 8.91. The zero-order valence-corrected chi connectivity index (χ0v) is 28.3. The van der Waals surface area contributed by atoms with Crippen molar-refractivity contribution in [2.45, 2.75) is 85.1 Å². The molecule has 0 aliphatic heterocycles. The van der Waals surface area contributed by atoms with Crippen LogP contribution in [0.1, 0.15) is 84.3 Å². The number of unbranched alkanes of at least 4 members (excludes halogenated alkanes) is 2. The number of hydrogen-bond donors (Lipinski definition) is 0. The second-order valence-corrected chi connectivity index (χ2v) is 12.4. The van der Waals surface area contributed by atoms with Gasteiger partial charge in [0.25, 0.3) is 0 Å². The number of rotatable bonds is 20. The van der Waals surface area contributed by atoms with Gasteiger partial charge in [0.1, 0.15) is 37.8 Å². The average Bonchev–Trinajstić information content (AvgIpc) is 3.01. The summed E-state index contributed by atoms with van der Waals surface area (Å²) in [7, 11) is 4.48. The third-order valence-electron chi connectivity index (χ3n) is 7.75. The first-order valence-corrected chi connectivity index (χ1v) is 16.6. The van der Waals surface area contributed by atoms with Gasteiger partial charge in [0.2, 0.25) is 0 Å². The Morgan fingerprint density at radius 2 is 1.37 bits per heavy atom. The zero-order valence-electron chi connectivity index (χ0n) is 28.3. The number of ether oxygens (including phenoxy) is 4. The molecule has 0 bridgehead atoms. The molecule has 5 heteroatoms. The molecule has 0 spiro atoms. The van der Waals surface area contributed by atoms with Gasteiger partial charge in [-0.15, -0.1) is 0 Å². The molecular formula is C38H60NO4+. The fourth-order valence-electron chi connectivity index (χ4n) is 5.04. The Bertz CT molecular complexity index is 1050. The highest BCUT2D eigenvalue weighted by Crippen LogP contribution is 2.30. The van der Waals surface area contributed by atoms with Crippen LogP contribution in [0.3, 0.4) is 0 Å². The molecule has 240 valence electrons. The maximum Gasteiger partial charge on any atom is 0.119 e. The normalized spacial score (nSPS) is 13.2. The molecule has 0 fully saturated rings. The molecule has 2 aromatic rings. The second kappa shape index (κ2) is 20.4. The van der Waals surface area contributed by atoms with Crippen LogP contribution in [-0.2, 0) is 21.4 Å². The fraction of sp³-hybridized carbons (Fsp3) is 0.579. The van der Waals surface area contributed by atoms with Gasteiger partial charge in [0, 0.05) is 5.56 Å². The molecule has 0 N–H and O–H groups in total. The number of likely N-dealkylation sites (N-methyl/N-ethyl adjacent to an activating group) is 1. The Morgan fingerprint density at radius 1 is 0.744 bits per heavy atom. The van der Waals surface area contributed by atoms with E-state index in [1.54, 1.807) is 0 Å². The fourth-order valence-corrected chi connectivity index (χ4v) is 5.04. The molecular weight excluding hydrogens is 534 g/mol. The van der Waals surface area contributed by atoms with Gasteiger partial charge >= 0.3 is 0 Å². The zero-order chi connectivity index (χ0) is 31.4. The average molecular weight is 595 g/mol. The Morgan fingerprint density at radius 3 is 1.98 bits per heavy atom. The number of allylic oxidation sites excluding steroid dienone is 2. The summed E-state index contributed by atoms with van der Waals surface area (Å²) in [6, 6.07) is 17.0. The van der Waals surface area contributed by atoms with Crippen LogP contribution in [0.15, 0.2) is 72.3 Å². The van der Waals surface area contributed by atoms with E-state index >= 15 is 0 Å². The van der Waals surface area contributed by atoms with Crippen molar-refractivity contribution in [3.05, 3.63) is 83.5 Å². The first-order valence-electron chi connectivity index (χ1n) is 16.6. The maximum absolute atomic E-state index is 5.93. The summed E-state index contributed by atoms with van der Waals surface area (Å²) in [5.41, 5.74) is 4.13. The smallest absolute Gasteiger partial charge is 0.119 e. The van der Waals surface area contributed by atoms with Crippen molar-refractivity contribution < 1.29 is 23.4 Å². The molecule has 0 atom stereocenters. The largest absolute Gasteiger partial charge is 0.491 e. The number of benzene rings is 2. The van der Waals surface area contributed by atoms with Crippen molar-refractivity contribution in [1.82, 2.24) is 0 Å². The SMILES string of the molecule is CC.CCCCCC(C)(C)c1ccc(OCCOCC[N+](C)(C)Cc2ccc(OCCOCC3=CCCC=C3)cc2)cc1. The number of quaternary nitrogens is 1.